The fourth-order valence-electron chi connectivity index (χ4n) is 3.09. The van der Waals surface area contributed by atoms with Crippen LogP contribution < -0.4 is 5.32 Å². The lowest BCUT2D eigenvalue weighted by molar-refractivity contribution is -0.141. The number of hydrogen-bond acceptors (Lipinski definition) is 6. The number of amides is 2. The minimum absolute atomic E-state index is 0.00508. The predicted octanol–water partition coefficient (Wildman–Crippen LogP) is 0.652. The van der Waals surface area contributed by atoms with Crippen LogP contribution in [0.15, 0.2) is 11.6 Å². The van der Waals surface area contributed by atoms with Crippen molar-refractivity contribution in [1.82, 2.24) is 14.8 Å². The van der Waals surface area contributed by atoms with E-state index >= 15 is 0 Å². The molecule has 2 aliphatic rings. The number of nitrogens with one attached hydrogen (secondary N) is 1. The molecule has 23 heavy (non-hydrogen) atoms. The molecule has 2 aliphatic heterocycles. The third kappa shape index (κ3) is 4.49. The Morgan fingerprint density at radius 3 is 2.91 bits per heavy atom. The maximum Gasteiger partial charge on any atom is 0.240 e. The number of morpholine rings is 1. The van der Waals surface area contributed by atoms with Crippen molar-refractivity contribution >= 4 is 28.3 Å². The fraction of sp³-hybridized carbons (Fsp3) is 0.667. The van der Waals surface area contributed by atoms with Gasteiger partial charge in [-0.05, 0) is 19.4 Å². The van der Waals surface area contributed by atoms with Crippen molar-refractivity contribution in [2.24, 2.45) is 5.92 Å². The first kappa shape index (κ1) is 16.4. The van der Waals surface area contributed by atoms with E-state index in [0.29, 0.717) is 44.5 Å². The lowest BCUT2D eigenvalue weighted by Crippen LogP contribution is -2.49. The Hall–Kier alpha value is -1.51. The van der Waals surface area contributed by atoms with Crippen LogP contribution in [0, 0.1) is 5.92 Å². The summed E-state index contributed by atoms with van der Waals surface area (Å²) >= 11 is 1.40. The van der Waals surface area contributed by atoms with Crippen LogP contribution >= 0.6 is 11.3 Å². The van der Waals surface area contributed by atoms with Gasteiger partial charge in [-0.25, -0.2) is 4.98 Å². The number of likely N-dealkylation sites (tertiary alicyclic amines) is 1. The van der Waals surface area contributed by atoms with Crippen LogP contribution in [0.2, 0.25) is 0 Å². The summed E-state index contributed by atoms with van der Waals surface area (Å²) in [6, 6.07) is 0. The van der Waals surface area contributed by atoms with Crippen LogP contribution in [0.3, 0.4) is 0 Å². The number of nitrogens with zero attached hydrogens (tertiary/aromatic N) is 3. The van der Waals surface area contributed by atoms with Crippen LogP contribution in [0.25, 0.3) is 0 Å². The molecule has 3 heterocycles. The highest BCUT2D eigenvalue weighted by Gasteiger charge is 2.30. The fourth-order valence-corrected chi connectivity index (χ4v) is 3.63. The lowest BCUT2D eigenvalue weighted by atomic mass is 9.96. The molecule has 1 N–H and O–H groups in total. The van der Waals surface area contributed by atoms with Crippen LogP contribution in [0.5, 0.6) is 0 Å². The number of carbonyl (C=O) groups is 2. The highest BCUT2D eigenvalue weighted by atomic mass is 32.1. The van der Waals surface area contributed by atoms with Gasteiger partial charge < -0.3 is 15.0 Å². The molecular formula is C15H22N4O3S. The molecule has 0 spiro atoms. The molecule has 0 bridgehead atoms. The Bertz CT molecular complexity index is 531. The number of thiazole rings is 1. The van der Waals surface area contributed by atoms with E-state index in [4.69, 9.17) is 4.74 Å². The molecule has 0 aliphatic carbocycles. The second kappa shape index (κ2) is 7.85. The second-order valence-corrected chi connectivity index (χ2v) is 6.79. The molecule has 1 atom stereocenters. The quantitative estimate of drug-likeness (QED) is 0.873. The first-order chi connectivity index (χ1) is 11.2. The topological polar surface area (TPSA) is 74.8 Å². The average Bonchev–Trinajstić information content (AvgIpc) is 3.08. The minimum Gasteiger partial charge on any atom is -0.378 e. The molecule has 7 nitrogen and oxygen atoms in total. The molecule has 8 heteroatoms. The van der Waals surface area contributed by atoms with Gasteiger partial charge in [0.05, 0.1) is 25.7 Å². The molecule has 2 saturated heterocycles. The van der Waals surface area contributed by atoms with Gasteiger partial charge in [-0.1, -0.05) is 0 Å². The summed E-state index contributed by atoms with van der Waals surface area (Å²) in [6.45, 7) is 4.43. The zero-order chi connectivity index (χ0) is 16.1. The Labute approximate surface area is 139 Å². The van der Waals surface area contributed by atoms with E-state index in [9.17, 15) is 9.59 Å². The molecular weight excluding hydrogens is 316 g/mol. The first-order valence-corrected chi connectivity index (χ1v) is 8.88. The summed E-state index contributed by atoms with van der Waals surface area (Å²) < 4.78 is 5.30. The normalized spacial score (nSPS) is 22.8. The zero-order valence-electron chi connectivity index (χ0n) is 13.1. The Kier molecular flexibility index (Phi) is 5.58. The molecule has 2 amide bonds. The molecule has 0 unspecified atom stereocenters. The van der Waals surface area contributed by atoms with Gasteiger partial charge in [0.1, 0.15) is 0 Å². The van der Waals surface area contributed by atoms with E-state index in [1.165, 1.54) is 11.3 Å². The molecule has 1 aromatic heterocycles. The van der Waals surface area contributed by atoms with E-state index < -0.39 is 0 Å². The highest BCUT2D eigenvalue weighted by molar-refractivity contribution is 7.13. The molecule has 0 saturated carbocycles. The third-order valence-electron chi connectivity index (χ3n) is 4.22. The van der Waals surface area contributed by atoms with Gasteiger partial charge in [0.25, 0.3) is 0 Å². The Morgan fingerprint density at radius 2 is 2.17 bits per heavy atom. The zero-order valence-corrected chi connectivity index (χ0v) is 13.9. The van der Waals surface area contributed by atoms with E-state index in [0.717, 1.165) is 19.4 Å². The van der Waals surface area contributed by atoms with Gasteiger partial charge in [0, 0.05) is 31.2 Å². The van der Waals surface area contributed by atoms with Crippen molar-refractivity contribution in [1.29, 1.82) is 0 Å². The van der Waals surface area contributed by atoms with Gasteiger partial charge in [-0.2, -0.15) is 0 Å². The maximum atomic E-state index is 12.6. The van der Waals surface area contributed by atoms with E-state index in [1.54, 1.807) is 6.20 Å². The molecule has 0 radical (unpaired) electrons. The molecule has 0 aromatic carbocycles. The van der Waals surface area contributed by atoms with Gasteiger partial charge >= 0.3 is 0 Å². The predicted molar refractivity (Wildman–Crippen MR) is 87.3 cm³/mol. The molecule has 2 fully saturated rings. The molecule has 126 valence electrons. The van der Waals surface area contributed by atoms with Crippen molar-refractivity contribution in [2.75, 3.05) is 51.3 Å². The van der Waals surface area contributed by atoms with Gasteiger partial charge in [0.15, 0.2) is 5.13 Å². The van der Waals surface area contributed by atoms with Crippen molar-refractivity contribution in [2.45, 2.75) is 12.8 Å². The molecule has 1 aromatic rings. The monoisotopic (exact) mass is 338 g/mol. The lowest BCUT2D eigenvalue weighted by Gasteiger charge is -2.35. The van der Waals surface area contributed by atoms with E-state index in [-0.39, 0.29) is 17.7 Å². The summed E-state index contributed by atoms with van der Waals surface area (Å²) in [4.78, 5) is 32.6. The van der Waals surface area contributed by atoms with Crippen molar-refractivity contribution in [3.63, 3.8) is 0 Å². The number of hydrogen-bond donors (Lipinski definition) is 1. The maximum absolute atomic E-state index is 12.6. The van der Waals surface area contributed by atoms with Crippen LogP contribution in [-0.4, -0.2) is 72.5 Å². The summed E-state index contributed by atoms with van der Waals surface area (Å²) in [7, 11) is 0. The van der Waals surface area contributed by atoms with E-state index in [2.05, 4.69) is 15.2 Å². The Balaban J connectivity index is 1.49. The summed E-state index contributed by atoms with van der Waals surface area (Å²) in [5.74, 6) is 0.132. The highest BCUT2D eigenvalue weighted by Crippen LogP contribution is 2.19. The summed E-state index contributed by atoms with van der Waals surface area (Å²) in [5.41, 5.74) is 0. The summed E-state index contributed by atoms with van der Waals surface area (Å²) in [6.07, 6.45) is 3.52. The number of rotatable bonds is 4. The van der Waals surface area contributed by atoms with Gasteiger partial charge in [0.2, 0.25) is 11.8 Å². The van der Waals surface area contributed by atoms with E-state index in [1.807, 2.05) is 10.3 Å². The van der Waals surface area contributed by atoms with Crippen molar-refractivity contribution in [3.05, 3.63) is 11.6 Å². The first-order valence-electron chi connectivity index (χ1n) is 8.00. The number of carbonyl (C=O) groups excluding carboxylic acids is 2. The van der Waals surface area contributed by atoms with Crippen molar-refractivity contribution < 1.29 is 14.3 Å². The largest absolute Gasteiger partial charge is 0.378 e. The average molecular weight is 338 g/mol. The van der Waals surface area contributed by atoms with Gasteiger partial charge in [-0.15, -0.1) is 11.3 Å². The Morgan fingerprint density at radius 1 is 1.35 bits per heavy atom. The smallest absolute Gasteiger partial charge is 0.240 e. The number of piperidine rings is 1. The van der Waals surface area contributed by atoms with Crippen LogP contribution in [0.1, 0.15) is 12.8 Å². The number of anilines is 1. The van der Waals surface area contributed by atoms with Gasteiger partial charge in [-0.3, -0.25) is 14.5 Å². The number of aromatic nitrogens is 1. The van der Waals surface area contributed by atoms with Crippen LogP contribution in [-0.2, 0) is 14.3 Å². The second-order valence-electron chi connectivity index (χ2n) is 5.90. The number of ether oxygens (including phenoxy) is 1. The van der Waals surface area contributed by atoms with Crippen molar-refractivity contribution in [3.8, 4) is 0 Å². The standard InChI is InChI=1S/C15H22N4O3S/c20-13(17-15-16-3-9-23-15)11-18-4-1-2-12(10-18)14(21)19-5-7-22-8-6-19/h3,9,12H,1-2,4-8,10-11H2,(H,16,17,20)/t12-/m0/s1. The SMILES string of the molecule is O=C(CN1CCC[C@H](C(=O)N2CCOCC2)C1)Nc1nccs1. The summed E-state index contributed by atoms with van der Waals surface area (Å²) in [5, 5.41) is 5.24. The third-order valence-corrected chi connectivity index (χ3v) is 4.91. The minimum atomic E-state index is -0.0700. The molecule has 3 rings (SSSR count). The van der Waals surface area contributed by atoms with Crippen LogP contribution in [0.4, 0.5) is 5.13 Å².